The van der Waals surface area contributed by atoms with E-state index < -0.39 is 11.6 Å². The fourth-order valence-electron chi connectivity index (χ4n) is 6.24. The molecule has 2 amide bonds. The van der Waals surface area contributed by atoms with Crippen LogP contribution in [-0.2, 0) is 28.9 Å². The maximum absolute atomic E-state index is 13.6. The molecule has 7 nitrogen and oxygen atoms in total. The highest BCUT2D eigenvalue weighted by atomic mass is 16.3. The van der Waals surface area contributed by atoms with Gasteiger partial charge in [0, 0.05) is 18.5 Å². The third-order valence-corrected chi connectivity index (χ3v) is 8.00. The van der Waals surface area contributed by atoms with Crippen molar-refractivity contribution in [3.8, 4) is 5.75 Å². The predicted molar refractivity (Wildman–Crippen MR) is 140 cm³/mol. The van der Waals surface area contributed by atoms with Crippen molar-refractivity contribution in [2.45, 2.75) is 63.1 Å². The zero-order valence-electron chi connectivity index (χ0n) is 21.2. The maximum Gasteiger partial charge on any atom is 0.246 e. The lowest BCUT2D eigenvalue weighted by molar-refractivity contribution is -0.136. The third kappa shape index (κ3) is 4.89. The molecule has 0 saturated carbocycles. The number of rotatable bonds is 6. The second-order valence-electron chi connectivity index (χ2n) is 10.8. The molecule has 2 aliphatic heterocycles. The van der Waals surface area contributed by atoms with Gasteiger partial charge in [-0.2, -0.15) is 0 Å². The molecule has 36 heavy (non-hydrogen) atoms. The number of hydrogen-bond acceptors (Lipinski definition) is 5. The van der Waals surface area contributed by atoms with E-state index in [1.165, 1.54) is 17.5 Å². The second-order valence-corrected chi connectivity index (χ2v) is 10.8. The van der Waals surface area contributed by atoms with Crippen molar-refractivity contribution in [3.05, 3.63) is 64.7 Å². The molecule has 4 atom stereocenters. The molecule has 2 unspecified atom stereocenters. The lowest BCUT2D eigenvalue weighted by Gasteiger charge is -2.26. The van der Waals surface area contributed by atoms with Gasteiger partial charge >= 0.3 is 0 Å². The molecular weight excluding hydrogens is 452 g/mol. The van der Waals surface area contributed by atoms with Crippen molar-refractivity contribution in [1.82, 2.24) is 15.5 Å². The average Bonchev–Trinajstić information content (AvgIpc) is 3.15. The zero-order chi connectivity index (χ0) is 25.3. The SMILES string of the molecule is CNCC(=O)N[C@H]1Cc2cccc(O)c2[C@H]2CC(C)(N=CCC3CCc4ccccc4C3)CN2C1=O. The molecular formula is C29H36N4O3. The molecule has 1 fully saturated rings. The van der Waals surface area contributed by atoms with E-state index in [9.17, 15) is 14.7 Å². The van der Waals surface area contributed by atoms with Crippen LogP contribution < -0.4 is 10.6 Å². The Kier molecular flexibility index (Phi) is 6.84. The van der Waals surface area contributed by atoms with Crippen LogP contribution in [0.4, 0.5) is 0 Å². The van der Waals surface area contributed by atoms with Crippen molar-refractivity contribution in [3.63, 3.8) is 0 Å². The average molecular weight is 489 g/mol. The van der Waals surface area contributed by atoms with Gasteiger partial charge in [-0.05, 0) is 81.0 Å². The summed E-state index contributed by atoms with van der Waals surface area (Å²) in [7, 11) is 1.70. The van der Waals surface area contributed by atoms with Crippen LogP contribution in [-0.4, -0.2) is 59.8 Å². The molecule has 0 radical (unpaired) electrons. The molecule has 1 saturated heterocycles. The minimum atomic E-state index is -0.662. The van der Waals surface area contributed by atoms with E-state index in [1.807, 2.05) is 11.0 Å². The maximum atomic E-state index is 13.6. The molecule has 7 heteroatoms. The molecule has 2 aromatic rings. The second kappa shape index (κ2) is 10.1. The highest BCUT2D eigenvalue weighted by Gasteiger charge is 2.48. The smallest absolute Gasteiger partial charge is 0.246 e. The van der Waals surface area contributed by atoms with Gasteiger partial charge in [0.25, 0.3) is 0 Å². The lowest BCUT2D eigenvalue weighted by atomic mass is 9.82. The quantitative estimate of drug-likeness (QED) is 0.545. The first kappa shape index (κ1) is 24.5. The van der Waals surface area contributed by atoms with E-state index in [2.05, 4.69) is 48.0 Å². The van der Waals surface area contributed by atoms with Crippen LogP contribution in [0.15, 0.2) is 47.5 Å². The number of amides is 2. The Balaban J connectivity index is 1.34. The van der Waals surface area contributed by atoms with E-state index in [-0.39, 0.29) is 30.2 Å². The van der Waals surface area contributed by atoms with Crippen molar-refractivity contribution in [2.24, 2.45) is 10.9 Å². The lowest BCUT2D eigenvalue weighted by Crippen LogP contribution is -2.50. The molecule has 2 heterocycles. The van der Waals surface area contributed by atoms with Crippen LogP contribution in [0.1, 0.15) is 54.5 Å². The predicted octanol–water partition coefficient (Wildman–Crippen LogP) is 2.95. The highest BCUT2D eigenvalue weighted by Crippen LogP contribution is 2.46. The van der Waals surface area contributed by atoms with Gasteiger partial charge in [0.2, 0.25) is 11.8 Å². The van der Waals surface area contributed by atoms with Gasteiger partial charge in [0.1, 0.15) is 11.8 Å². The fraction of sp³-hybridized carbons (Fsp3) is 0.483. The molecule has 5 rings (SSSR count). The van der Waals surface area contributed by atoms with Gasteiger partial charge in [-0.25, -0.2) is 0 Å². The topological polar surface area (TPSA) is 94.0 Å². The van der Waals surface area contributed by atoms with E-state index in [0.29, 0.717) is 25.3 Å². The van der Waals surface area contributed by atoms with Crippen LogP contribution in [0.2, 0.25) is 0 Å². The minimum absolute atomic E-state index is 0.108. The number of aliphatic imine (C=N–C) groups is 1. The Hall–Kier alpha value is -3.19. The summed E-state index contributed by atoms with van der Waals surface area (Å²) in [6.45, 7) is 2.70. The third-order valence-electron chi connectivity index (χ3n) is 8.00. The number of phenols is 1. The van der Waals surface area contributed by atoms with Gasteiger partial charge in [0.15, 0.2) is 0 Å². The van der Waals surface area contributed by atoms with Crippen LogP contribution >= 0.6 is 0 Å². The summed E-state index contributed by atoms with van der Waals surface area (Å²) in [5.41, 5.74) is 4.17. The summed E-state index contributed by atoms with van der Waals surface area (Å²) < 4.78 is 0. The summed E-state index contributed by atoms with van der Waals surface area (Å²) in [4.78, 5) is 32.8. The summed E-state index contributed by atoms with van der Waals surface area (Å²) in [5.74, 6) is 0.456. The number of likely N-dealkylation sites (N-methyl/N-ethyl adjacent to an activating group) is 1. The standard InChI is InChI=1S/C29H36N4O3/c1-29(31-13-12-19-10-11-20-6-3-4-7-21(20)14-19)16-24-27-22(8-5-9-25(27)34)15-23(28(36)33(24)18-29)32-26(35)17-30-2/h3-9,13,19,23-24,30,34H,10-12,14-18H2,1-2H3,(H,32,35)/t19?,23-,24+,29?/m0/s1. The molecule has 3 N–H and O–H groups in total. The Morgan fingerprint density at radius 2 is 1.94 bits per heavy atom. The molecule has 0 aromatic heterocycles. The summed E-state index contributed by atoms with van der Waals surface area (Å²) in [6, 6.07) is 13.2. The number of carbonyl (C=O) groups excluding carboxylic acids is 2. The zero-order valence-corrected chi connectivity index (χ0v) is 21.2. The van der Waals surface area contributed by atoms with Crippen molar-refractivity contribution >= 4 is 18.0 Å². The van der Waals surface area contributed by atoms with E-state index in [1.54, 1.807) is 19.2 Å². The number of aryl methyl sites for hydroxylation is 1. The van der Waals surface area contributed by atoms with Crippen LogP contribution in [0.5, 0.6) is 5.75 Å². The van der Waals surface area contributed by atoms with E-state index in [4.69, 9.17) is 4.99 Å². The summed E-state index contributed by atoms with van der Waals surface area (Å²) in [5, 5.41) is 16.5. The monoisotopic (exact) mass is 488 g/mol. The minimum Gasteiger partial charge on any atom is -0.508 e. The number of carbonyl (C=O) groups is 2. The molecule has 0 spiro atoms. The molecule has 1 aliphatic carbocycles. The Labute approximate surface area is 213 Å². The van der Waals surface area contributed by atoms with Gasteiger partial charge in [-0.15, -0.1) is 0 Å². The number of nitrogens with zero attached hydrogens (tertiary/aromatic N) is 2. The van der Waals surface area contributed by atoms with E-state index in [0.717, 1.165) is 30.4 Å². The highest BCUT2D eigenvalue weighted by molar-refractivity contribution is 5.90. The largest absolute Gasteiger partial charge is 0.508 e. The molecule has 0 bridgehead atoms. The normalized spacial score (nSPS) is 27.3. The number of phenolic OH excluding ortho intramolecular Hbond substituents is 1. The number of fused-ring (bicyclic) bond motifs is 4. The van der Waals surface area contributed by atoms with Crippen molar-refractivity contribution < 1.29 is 14.7 Å². The first-order valence-electron chi connectivity index (χ1n) is 13.0. The van der Waals surface area contributed by atoms with Gasteiger partial charge in [0.05, 0.1) is 18.1 Å². The molecule has 3 aliphatic rings. The Morgan fingerprint density at radius 1 is 1.17 bits per heavy atom. The molecule has 2 aromatic carbocycles. The van der Waals surface area contributed by atoms with Crippen LogP contribution in [0.3, 0.4) is 0 Å². The number of aromatic hydroxyl groups is 1. The Morgan fingerprint density at radius 3 is 2.75 bits per heavy atom. The fourth-order valence-corrected chi connectivity index (χ4v) is 6.24. The van der Waals surface area contributed by atoms with Crippen LogP contribution in [0.25, 0.3) is 0 Å². The Bertz CT molecular complexity index is 1180. The number of hydrogen-bond donors (Lipinski definition) is 3. The number of nitrogens with one attached hydrogen (secondary N) is 2. The van der Waals surface area contributed by atoms with Crippen molar-refractivity contribution in [1.29, 1.82) is 0 Å². The van der Waals surface area contributed by atoms with Gasteiger partial charge < -0.3 is 20.6 Å². The van der Waals surface area contributed by atoms with Crippen LogP contribution in [0, 0.1) is 5.92 Å². The number of benzene rings is 2. The summed E-state index contributed by atoms with van der Waals surface area (Å²) in [6.07, 6.45) is 7.37. The van der Waals surface area contributed by atoms with Gasteiger partial charge in [-0.3, -0.25) is 14.6 Å². The summed E-state index contributed by atoms with van der Waals surface area (Å²) >= 11 is 0. The first-order chi connectivity index (χ1) is 17.4. The van der Waals surface area contributed by atoms with Gasteiger partial charge in [-0.1, -0.05) is 36.4 Å². The van der Waals surface area contributed by atoms with E-state index >= 15 is 0 Å². The van der Waals surface area contributed by atoms with Crippen molar-refractivity contribution in [2.75, 3.05) is 20.1 Å². The first-order valence-corrected chi connectivity index (χ1v) is 13.0. The molecule has 190 valence electrons.